The third-order valence-electron chi connectivity index (χ3n) is 3.38. The molecule has 0 amide bonds. The van der Waals surface area contributed by atoms with Gasteiger partial charge in [0, 0.05) is 13.1 Å². The van der Waals surface area contributed by atoms with Crippen LogP contribution in [0.1, 0.15) is 34.1 Å². The molecular formula is C12H23NO2. The Balaban J connectivity index is 2.63. The van der Waals surface area contributed by atoms with E-state index in [4.69, 9.17) is 0 Å². The summed E-state index contributed by atoms with van der Waals surface area (Å²) >= 11 is 0. The number of piperidine rings is 1. The fraction of sp³-hybridized carbons (Fsp3) is 0.917. The smallest absolute Gasteiger partial charge is 0.308 e. The second-order valence-electron chi connectivity index (χ2n) is 5.78. The van der Waals surface area contributed by atoms with Crippen LogP contribution in [0.4, 0.5) is 0 Å². The van der Waals surface area contributed by atoms with Crippen molar-refractivity contribution >= 4 is 5.97 Å². The lowest BCUT2D eigenvalue weighted by Crippen LogP contribution is -2.48. The summed E-state index contributed by atoms with van der Waals surface area (Å²) < 4.78 is 0. The minimum atomic E-state index is -0.645. The fourth-order valence-corrected chi connectivity index (χ4v) is 2.31. The van der Waals surface area contributed by atoms with Crippen LogP contribution in [-0.2, 0) is 4.79 Å². The van der Waals surface area contributed by atoms with Gasteiger partial charge in [-0.15, -0.1) is 0 Å². The van der Waals surface area contributed by atoms with Gasteiger partial charge in [-0.1, -0.05) is 27.7 Å². The Morgan fingerprint density at radius 2 is 2.13 bits per heavy atom. The van der Waals surface area contributed by atoms with Crippen molar-refractivity contribution < 1.29 is 9.90 Å². The standard InChI is InChI=1S/C12H23NO2/c1-9(2)7-13-6-5-12(3,4)10(8-13)11(14)15/h9-10H,5-8H2,1-4H3,(H,14,15). The Morgan fingerprint density at radius 3 is 2.60 bits per heavy atom. The highest BCUT2D eigenvalue weighted by atomic mass is 16.4. The van der Waals surface area contributed by atoms with E-state index in [2.05, 4.69) is 32.6 Å². The van der Waals surface area contributed by atoms with E-state index in [0.717, 1.165) is 19.5 Å². The van der Waals surface area contributed by atoms with Crippen molar-refractivity contribution in [3.8, 4) is 0 Å². The first kappa shape index (κ1) is 12.5. The largest absolute Gasteiger partial charge is 0.481 e. The molecule has 1 aliphatic rings. The molecule has 1 heterocycles. The van der Waals surface area contributed by atoms with E-state index in [9.17, 15) is 9.90 Å². The summed E-state index contributed by atoms with van der Waals surface area (Å²) in [4.78, 5) is 13.5. The Bertz CT molecular complexity index is 236. The molecule has 88 valence electrons. The van der Waals surface area contributed by atoms with Gasteiger partial charge in [0.05, 0.1) is 5.92 Å². The molecule has 1 N–H and O–H groups in total. The van der Waals surface area contributed by atoms with Gasteiger partial charge in [-0.2, -0.15) is 0 Å². The summed E-state index contributed by atoms with van der Waals surface area (Å²) in [6.45, 7) is 11.2. The Morgan fingerprint density at radius 1 is 1.53 bits per heavy atom. The SMILES string of the molecule is CC(C)CN1CCC(C)(C)C(C(=O)O)C1. The number of carboxylic acid groups (broad SMARTS) is 1. The number of aliphatic carboxylic acids is 1. The second kappa shape index (κ2) is 4.52. The first-order valence-electron chi connectivity index (χ1n) is 5.78. The molecule has 1 fully saturated rings. The van der Waals surface area contributed by atoms with Crippen molar-refractivity contribution in [2.45, 2.75) is 34.1 Å². The van der Waals surface area contributed by atoms with Gasteiger partial charge in [-0.3, -0.25) is 4.79 Å². The van der Waals surface area contributed by atoms with Crippen molar-refractivity contribution in [2.24, 2.45) is 17.3 Å². The quantitative estimate of drug-likeness (QED) is 0.780. The second-order valence-corrected chi connectivity index (χ2v) is 5.78. The highest BCUT2D eigenvalue weighted by Crippen LogP contribution is 2.35. The van der Waals surface area contributed by atoms with Crippen molar-refractivity contribution in [3.05, 3.63) is 0 Å². The van der Waals surface area contributed by atoms with Crippen LogP contribution in [0, 0.1) is 17.3 Å². The topological polar surface area (TPSA) is 40.5 Å². The van der Waals surface area contributed by atoms with Gasteiger partial charge in [0.25, 0.3) is 0 Å². The van der Waals surface area contributed by atoms with Crippen LogP contribution in [-0.4, -0.2) is 35.6 Å². The maximum atomic E-state index is 11.2. The summed E-state index contributed by atoms with van der Waals surface area (Å²) in [5.41, 5.74) is -0.0562. The normalized spacial score (nSPS) is 26.9. The summed E-state index contributed by atoms with van der Waals surface area (Å²) in [6.07, 6.45) is 0.983. The van der Waals surface area contributed by atoms with Gasteiger partial charge in [-0.05, 0) is 24.3 Å². The van der Waals surface area contributed by atoms with E-state index in [1.165, 1.54) is 0 Å². The Labute approximate surface area is 92.5 Å². The zero-order valence-electron chi connectivity index (χ0n) is 10.3. The average Bonchev–Trinajstić information content (AvgIpc) is 2.06. The molecule has 0 aliphatic carbocycles. The van der Waals surface area contributed by atoms with E-state index in [-0.39, 0.29) is 11.3 Å². The minimum Gasteiger partial charge on any atom is -0.481 e. The third-order valence-corrected chi connectivity index (χ3v) is 3.38. The highest BCUT2D eigenvalue weighted by Gasteiger charge is 2.39. The summed E-state index contributed by atoms with van der Waals surface area (Å²) in [6, 6.07) is 0. The molecule has 15 heavy (non-hydrogen) atoms. The number of rotatable bonds is 3. The predicted molar refractivity (Wildman–Crippen MR) is 60.8 cm³/mol. The van der Waals surface area contributed by atoms with Crippen LogP contribution in [0.2, 0.25) is 0 Å². The van der Waals surface area contributed by atoms with Crippen LogP contribution < -0.4 is 0 Å². The maximum absolute atomic E-state index is 11.2. The number of likely N-dealkylation sites (tertiary alicyclic amines) is 1. The lowest BCUT2D eigenvalue weighted by Gasteiger charge is -2.42. The summed E-state index contributed by atoms with van der Waals surface area (Å²) in [7, 11) is 0. The lowest BCUT2D eigenvalue weighted by molar-refractivity contribution is -0.149. The molecule has 0 aromatic rings. The number of carbonyl (C=O) groups is 1. The Hall–Kier alpha value is -0.570. The summed E-state index contributed by atoms with van der Waals surface area (Å²) in [5.74, 6) is -0.251. The molecule has 0 radical (unpaired) electrons. The van der Waals surface area contributed by atoms with Gasteiger partial charge < -0.3 is 10.0 Å². The number of hydrogen-bond donors (Lipinski definition) is 1. The van der Waals surface area contributed by atoms with Gasteiger partial charge in [0.2, 0.25) is 0 Å². The van der Waals surface area contributed by atoms with Gasteiger partial charge in [-0.25, -0.2) is 0 Å². The van der Waals surface area contributed by atoms with Crippen LogP contribution in [0.5, 0.6) is 0 Å². The summed E-state index contributed by atoms with van der Waals surface area (Å²) in [5, 5.41) is 9.20. The zero-order valence-corrected chi connectivity index (χ0v) is 10.3. The maximum Gasteiger partial charge on any atom is 0.308 e. The fourth-order valence-electron chi connectivity index (χ4n) is 2.31. The van der Waals surface area contributed by atoms with Gasteiger partial charge >= 0.3 is 5.97 Å². The molecule has 1 aliphatic heterocycles. The molecule has 1 atom stereocenters. The van der Waals surface area contributed by atoms with Crippen LogP contribution in [0.15, 0.2) is 0 Å². The molecule has 3 nitrogen and oxygen atoms in total. The van der Waals surface area contributed by atoms with Crippen molar-refractivity contribution in [2.75, 3.05) is 19.6 Å². The van der Waals surface area contributed by atoms with Crippen LogP contribution in [0.3, 0.4) is 0 Å². The highest BCUT2D eigenvalue weighted by molar-refractivity contribution is 5.71. The van der Waals surface area contributed by atoms with E-state index >= 15 is 0 Å². The predicted octanol–water partition coefficient (Wildman–Crippen LogP) is 2.08. The molecule has 0 aromatic carbocycles. The molecule has 0 saturated carbocycles. The van der Waals surface area contributed by atoms with E-state index in [1.54, 1.807) is 0 Å². The molecule has 0 spiro atoms. The lowest BCUT2D eigenvalue weighted by atomic mass is 9.73. The number of carboxylic acids is 1. The molecule has 1 unspecified atom stereocenters. The van der Waals surface area contributed by atoms with Crippen LogP contribution >= 0.6 is 0 Å². The van der Waals surface area contributed by atoms with E-state index in [1.807, 2.05) is 0 Å². The van der Waals surface area contributed by atoms with Crippen molar-refractivity contribution in [1.29, 1.82) is 0 Å². The minimum absolute atomic E-state index is 0.0562. The first-order valence-corrected chi connectivity index (χ1v) is 5.78. The number of hydrogen-bond acceptors (Lipinski definition) is 2. The van der Waals surface area contributed by atoms with Gasteiger partial charge in [0.1, 0.15) is 0 Å². The molecular weight excluding hydrogens is 190 g/mol. The number of nitrogens with zero attached hydrogens (tertiary/aromatic N) is 1. The molecule has 0 aromatic heterocycles. The van der Waals surface area contributed by atoms with Gasteiger partial charge in [0.15, 0.2) is 0 Å². The average molecular weight is 213 g/mol. The molecule has 0 bridgehead atoms. The van der Waals surface area contributed by atoms with Crippen molar-refractivity contribution in [3.63, 3.8) is 0 Å². The van der Waals surface area contributed by atoms with Crippen LogP contribution in [0.25, 0.3) is 0 Å². The van der Waals surface area contributed by atoms with E-state index < -0.39 is 5.97 Å². The molecule has 1 saturated heterocycles. The zero-order chi connectivity index (χ0) is 11.6. The third kappa shape index (κ3) is 3.20. The van der Waals surface area contributed by atoms with Crippen molar-refractivity contribution in [1.82, 2.24) is 4.90 Å². The first-order chi connectivity index (χ1) is 6.83. The van der Waals surface area contributed by atoms with E-state index in [0.29, 0.717) is 12.5 Å². The monoisotopic (exact) mass is 213 g/mol. The molecule has 3 heteroatoms. The molecule has 1 rings (SSSR count). The Kier molecular flexibility index (Phi) is 3.77.